The van der Waals surface area contributed by atoms with Gasteiger partial charge in [-0.25, -0.2) is 0 Å². The van der Waals surface area contributed by atoms with Gasteiger partial charge in [0.25, 0.3) is 5.91 Å². The Labute approximate surface area is 158 Å². The smallest absolute Gasteiger partial charge is 0.278 e. The molecule has 0 atom stereocenters. The van der Waals surface area contributed by atoms with Crippen LogP contribution in [0.25, 0.3) is 5.69 Å². The third kappa shape index (κ3) is 3.56. The van der Waals surface area contributed by atoms with Crippen LogP contribution < -0.4 is 10.2 Å². The predicted molar refractivity (Wildman–Crippen MR) is 107 cm³/mol. The van der Waals surface area contributed by atoms with Gasteiger partial charge < -0.3 is 10.2 Å². The number of anilines is 2. The summed E-state index contributed by atoms with van der Waals surface area (Å²) in [6.45, 7) is 6.09. The fraction of sp³-hybridized carbons (Fsp3) is 0.286. The Hall–Kier alpha value is -3.15. The van der Waals surface area contributed by atoms with Gasteiger partial charge in [0, 0.05) is 24.5 Å². The van der Waals surface area contributed by atoms with Crippen LogP contribution in [-0.4, -0.2) is 34.0 Å². The van der Waals surface area contributed by atoms with E-state index in [1.807, 2.05) is 42.5 Å². The summed E-state index contributed by atoms with van der Waals surface area (Å²) < 4.78 is 0. The normalized spacial score (nSPS) is 13.8. The van der Waals surface area contributed by atoms with Crippen molar-refractivity contribution in [2.24, 2.45) is 0 Å². The Morgan fingerprint density at radius 2 is 1.74 bits per heavy atom. The van der Waals surface area contributed by atoms with Gasteiger partial charge in [0.15, 0.2) is 5.69 Å². The number of aromatic nitrogens is 3. The Balaban J connectivity index is 1.52. The monoisotopic (exact) mass is 361 g/mol. The number of benzene rings is 2. The van der Waals surface area contributed by atoms with E-state index in [4.69, 9.17) is 0 Å². The van der Waals surface area contributed by atoms with Crippen molar-refractivity contribution in [1.29, 1.82) is 0 Å². The van der Waals surface area contributed by atoms with Crippen LogP contribution in [0.2, 0.25) is 0 Å². The zero-order valence-electron chi connectivity index (χ0n) is 15.6. The molecule has 2 heterocycles. The van der Waals surface area contributed by atoms with Crippen molar-refractivity contribution < 1.29 is 4.79 Å². The molecule has 1 amide bonds. The summed E-state index contributed by atoms with van der Waals surface area (Å²) in [5.74, 6) is -0.247. The van der Waals surface area contributed by atoms with E-state index in [0.717, 1.165) is 24.5 Å². The summed E-state index contributed by atoms with van der Waals surface area (Å²) in [5.41, 5.74) is 4.94. The highest BCUT2D eigenvalue weighted by Crippen LogP contribution is 2.27. The molecular formula is C21H23N5O. The maximum Gasteiger partial charge on any atom is 0.278 e. The lowest BCUT2D eigenvalue weighted by Crippen LogP contribution is -2.19. The van der Waals surface area contributed by atoms with Crippen LogP contribution in [0.5, 0.6) is 0 Å². The van der Waals surface area contributed by atoms with Crippen molar-refractivity contribution in [3.63, 3.8) is 0 Å². The van der Waals surface area contributed by atoms with Crippen LogP contribution in [0.4, 0.5) is 11.4 Å². The molecule has 0 spiro atoms. The number of hydrogen-bond acceptors (Lipinski definition) is 4. The average molecular weight is 361 g/mol. The molecule has 138 valence electrons. The molecule has 1 saturated heterocycles. The molecule has 6 heteroatoms. The second kappa shape index (κ2) is 7.23. The lowest BCUT2D eigenvalue weighted by atomic mass is 10.1. The number of nitrogens with zero attached hydrogens (tertiary/aromatic N) is 4. The summed E-state index contributed by atoms with van der Waals surface area (Å²) >= 11 is 0. The molecule has 0 unspecified atom stereocenters. The maximum atomic E-state index is 12.7. The third-order valence-corrected chi connectivity index (χ3v) is 4.89. The second-order valence-corrected chi connectivity index (χ2v) is 6.91. The minimum absolute atomic E-state index is 0.247. The largest absolute Gasteiger partial charge is 0.371 e. The molecule has 1 aliphatic heterocycles. The van der Waals surface area contributed by atoms with Crippen LogP contribution in [0.15, 0.2) is 48.5 Å². The van der Waals surface area contributed by atoms with Gasteiger partial charge in [-0.15, -0.1) is 5.10 Å². The first-order valence-corrected chi connectivity index (χ1v) is 9.28. The number of hydrogen-bond donors (Lipinski definition) is 1. The molecule has 1 fully saturated rings. The number of carbonyl (C=O) groups is 1. The van der Waals surface area contributed by atoms with Crippen molar-refractivity contribution >= 4 is 17.3 Å². The van der Waals surface area contributed by atoms with Crippen LogP contribution in [0, 0.1) is 13.8 Å². The van der Waals surface area contributed by atoms with E-state index < -0.39 is 0 Å². The number of nitrogens with one attached hydrogen (secondary N) is 1. The van der Waals surface area contributed by atoms with Crippen LogP contribution in [0.3, 0.4) is 0 Å². The zero-order chi connectivity index (χ0) is 18.8. The van der Waals surface area contributed by atoms with E-state index in [1.165, 1.54) is 28.9 Å². The van der Waals surface area contributed by atoms with Crippen LogP contribution >= 0.6 is 0 Å². The quantitative estimate of drug-likeness (QED) is 0.769. The molecular weight excluding hydrogens is 338 g/mol. The first kappa shape index (κ1) is 17.3. The van der Waals surface area contributed by atoms with Crippen molar-refractivity contribution in [2.75, 3.05) is 23.3 Å². The fourth-order valence-corrected chi connectivity index (χ4v) is 3.50. The number of aryl methyl sites for hydroxylation is 2. The van der Waals surface area contributed by atoms with Gasteiger partial charge in [-0.2, -0.15) is 9.90 Å². The first-order valence-electron chi connectivity index (χ1n) is 9.28. The molecule has 0 aliphatic carbocycles. The van der Waals surface area contributed by atoms with E-state index in [2.05, 4.69) is 33.4 Å². The van der Waals surface area contributed by atoms with Crippen molar-refractivity contribution in [2.45, 2.75) is 26.7 Å². The summed E-state index contributed by atoms with van der Waals surface area (Å²) in [4.78, 5) is 16.6. The van der Waals surface area contributed by atoms with E-state index in [1.54, 1.807) is 6.92 Å². The number of para-hydroxylation sites is 1. The Morgan fingerprint density at radius 3 is 2.44 bits per heavy atom. The van der Waals surface area contributed by atoms with E-state index in [9.17, 15) is 4.79 Å². The van der Waals surface area contributed by atoms with Crippen LogP contribution in [0.1, 0.15) is 34.6 Å². The minimum atomic E-state index is -0.247. The van der Waals surface area contributed by atoms with Crippen molar-refractivity contribution in [3.05, 3.63) is 65.5 Å². The van der Waals surface area contributed by atoms with Gasteiger partial charge in [-0.1, -0.05) is 18.2 Å². The van der Waals surface area contributed by atoms with Gasteiger partial charge in [-0.3, -0.25) is 4.79 Å². The molecule has 27 heavy (non-hydrogen) atoms. The van der Waals surface area contributed by atoms with Crippen LogP contribution in [-0.2, 0) is 0 Å². The summed E-state index contributed by atoms with van der Waals surface area (Å²) in [5, 5.41) is 11.7. The standard InChI is InChI=1S/C21H23N5O/c1-15-14-17(10-11-19(15)25-12-6-7-13-25)22-21(27)20-16(2)23-26(24-20)18-8-4-3-5-9-18/h3-5,8-11,14H,6-7,12-13H2,1-2H3,(H,22,27). The number of carbonyl (C=O) groups excluding carboxylic acids is 1. The molecule has 1 N–H and O–H groups in total. The Bertz CT molecular complexity index is 958. The zero-order valence-corrected chi connectivity index (χ0v) is 15.6. The SMILES string of the molecule is Cc1cc(NC(=O)c2nn(-c3ccccc3)nc2C)ccc1N1CCCC1. The number of amides is 1. The van der Waals surface area contributed by atoms with E-state index in [-0.39, 0.29) is 5.91 Å². The summed E-state index contributed by atoms with van der Waals surface area (Å²) in [7, 11) is 0. The molecule has 6 nitrogen and oxygen atoms in total. The van der Waals surface area contributed by atoms with Gasteiger partial charge in [-0.05, 0) is 62.6 Å². The second-order valence-electron chi connectivity index (χ2n) is 6.91. The highest BCUT2D eigenvalue weighted by atomic mass is 16.2. The van der Waals surface area contributed by atoms with E-state index >= 15 is 0 Å². The average Bonchev–Trinajstić information content (AvgIpc) is 3.32. The fourth-order valence-electron chi connectivity index (χ4n) is 3.50. The summed E-state index contributed by atoms with van der Waals surface area (Å²) in [6, 6.07) is 15.6. The number of rotatable bonds is 4. The molecule has 0 radical (unpaired) electrons. The van der Waals surface area contributed by atoms with Crippen molar-refractivity contribution in [3.8, 4) is 5.69 Å². The molecule has 4 rings (SSSR count). The lowest BCUT2D eigenvalue weighted by molar-refractivity contribution is 0.102. The molecule has 2 aromatic carbocycles. The van der Waals surface area contributed by atoms with Gasteiger partial charge in [0.2, 0.25) is 0 Å². The highest BCUT2D eigenvalue weighted by Gasteiger charge is 2.18. The molecule has 3 aromatic rings. The van der Waals surface area contributed by atoms with Gasteiger partial charge in [0.1, 0.15) is 0 Å². The molecule has 1 aliphatic rings. The summed E-state index contributed by atoms with van der Waals surface area (Å²) in [6.07, 6.45) is 2.49. The molecule has 0 saturated carbocycles. The first-order chi connectivity index (χ1) is 13.1. The van der Waals surface area contributed by atoms with Gasteiger partial charge >= 0.3 is 0 Å². The van der Waals surface area contributed by atoms with Gasteiger partial charge in [0.05, 0.1) is 11.4 Å². The lowest BCUT2D eigenvalue weighted by Gasteiger charge is -2.20. The Kier molecular flexibility index (Phi) is 4.62. The van der Waals surface area contributed by atoms with Crippen molar-refractivity contribution in [1.82, 2.24) is 15.0 Å². The minimum Gasteiger partial charge on any atom is -0.371 e. The third-order valence-electron chi connectivity index (χ3n) is 4.89. The highest BCUT2D eigenvalue weighted by molar-refractivity contribution is 6.03. The molecule has 0 bridgehead atoms. The Morgan fingerprint density at radius 1 is 1.00 bits per heavy atom. The topological polar surface area (TPSA) is 63.1 Å². The maximum absolute atomic E-state index is 12.7. The predicted octanol–water partition coefficient (Wildman–Crippen LogP) is 3.74. The van der Waals surface area contributed by atoms with E-state index in [0.29, 0.717) is 11.4 Å². The molecule has 1 aromatic heterocycles.